The normalized spacial score (nSPS) is 9.54. The van der Waals surface area contributed by atoms with Crippen molar-refractivity contribution in [1.29, 1.82) is 0 Å². The largest absolute Gasteiger partial charge is 0.451 e. The number of carbonyl (C=O) groups excluding carboxylic acids is 4. The minimum absolute atomic E-state index is 0.174. The highest BCUT2D eigenvalue weighted by Crippen LogP contribution is 2.03. The van der Waals surface area contributed by atoms with Gasteiger partial charge in [0.25, 0.3) is 11.8 Å². The van der Waals surface area contributed by atoms with Crippen LogP contribution in [0.15, 0.2) is 43.5 Å². The summed E-state index contributed by atoms with van der Waals surface area (Å²) < 4.78 is 9.58. The minimum atomic E-state index is -0.878. The summed E-state index contributed by atoms with van der Waals surface area (Å²) in [4.78, 5) is 50.3. The molecule has 2 amide bonds. The molecular formula is C17H19N3O6. The molecule has 9 heteroatoms. The van der Waals surface area contributed by atoms with Gasteiger partial charge in [-0.25, -0.2) is 14.6 Å². The van der Waals surface area contributed by atoms with E-state index in [-0.39, 0.29) is 24.5 Å². The van der Waals surface area contributed by atoms with E-state index in [4.69, 9.17) is 9.47 Å². The van der Waals surface area contributed by atoms with Crippen LogP contribution in [0.1, 0.15) is 21.0 Å². The first-order valence-corrected chi connectivity index (χ1v) is 7.54. The summed E-state index contributed by atoms with van der Waals surface area (Å²) in [6.07, 6.45) is 2.96. The smallest absolute Gasteiger partial charge is 0.357 e. The van der Waals surface area contributed by atoms with Gasteiger partial charge in [-0.15, -0.1) is 13.2 Å². The fourth-order valence-corrected chi connectivity index (χ4v) is 1.55. The highest BCUT2D eigenvalue weighted by molar-refractivity contribution is 5.93. The van der Waals surface area contributed by atoms with Crippen molar-refractivity contribution in [3.63, 3.8) is 0 Å². The van der Waals surface area contributed by atoms with Gasteiger partial charge in [0.15, 0.2) is 13.2 Å². The van der Waals surface area contributed by atoms with Gasteiger partial charge in [-0.2, -0.15) is 0 Å². The Balaban J connectivity index is 2.57. The van der Waals surface area contributed by atoms with Crippen molar-refractivity contribution < 1.29 is 28.7 Å². The van der Waals surface area contributed by atoms with Crippen LogP contribution in [-0.2, 0) is 19.1 Å². The third-order valence-corrected chi connectivity index (χ3v) is 2.72. The van der Waals surface area contributed by atoms with Crippen LogP contribution < -0.4 is 10.6 Å². The van der Waals surface area contributed by atoms with E-state index in [0.717, 1.165) is 0 Å². The van der Waals surface area contributed by atoms with Crippen LogP contribution >= 0.6 is 0 Å². The molecule has 0 bridgehead atoms. The van der Waals surface area contributed by atoms with E-state index in [9.17, 15) is 19.2 Å². The first kappa shape index (κ1) is 20.6. The summed E-state index contributed by atoms with van der Waals surface area (Å²) in [5, 5.41) is 4.88. The fraction of sp³-hybridized carbons (Fsp3) is 0.235. The summed E-state index contributed by atoms with van der Waals surface area (Å²) in [6, 6.07) is 4.03. The van der Waals surface area contributed by atoms with Crippen molar-refractivity contribution >= 4 is 23.8 Å². The van der Waals surface area contributed by atoms with Crippen LogP contribution in [0.4, 0.5) is 0 Å². The van der Waals surface area contributed by atoms with E-state index in [0.29, 0.717) is 0 Å². The monoisotopic (exact) mass is 361 g/mol. The van der Waals surface area contributed by atoms with Crippen LogP contribution in [0, 0.1) is 0 Å². The number of ether oxygens (including phenoxy) is 2. The Hall–Kier alpha value is -3.49. The number of esters is 2. The first-order valence-electron chi connectivity index (χ1n) is 7.54. The third kappa shape index (κ3) is 7.39. The van der Waals surface area contributed by atoms with Gasteiger partial charge < -0.3 is 20.1 Å². The van der Waals surface area contributed by atoms with Gasteiger partial charge in [-0.3, -0.25) is 9.59 Å². The lowest BCUT2D eigenvalue weighted by Crippen LogP contribution is -2.29. The van der Waals surface area contributed by atoms with Crippen LogP contribution in [0.3, 0.4) is 0 Å². The molecule has 0 fully saturated rings. The second kappa shape index (κ2) is 11.1. The highest BCUT2D eigenvalue weighted by atomic mass is 16.5. The fourth-order valence-electron chi connectivity index (χ4n) is 1.55. The van der Waals surface area contributed by atoms with Gasteiger partial charge >= 0.3 is 11.9 Å². The van der Waals surface area contributed by atoms with Crippen molar-refractivity contribution in [2.24, 2.45) is 0 Å². The van der Waals surface area contributed by atoms with Crippen molar-refractivity contribution in [3.8, 4) is 0 Å². The zero-order valence-electron chi connectivity index (χ0n) is 14.0. The quantitative estimate of drug-likeness (QED) is 0.444. The van der Waals surface area contributed by atoms with Gasteiger partial charge in [0.2, 0.25) is 0 Å². The number of nitrogens with zero attached hydrogens (tertiary/aromatic N) is 1. The Morgan fingerprint density at radius 3 is 1.69 bits per heavy atom. The average Bonchev–Trinajstić information content (AvgIpc) is 2.66. The predicted molar refractivity (Wildman–Crippen MR) is 91.2 cm³/mol. The van der Waals surface area contributed by atoms with E-state index >= 15 is 0 Å². The van der Waals surface area contributed by atoms with Gasteiger partial charge in [-0.1, -0.05) is 18.2 Å². The van der Waals surface area contributed by atoms with E-state index in [1.807, 2.05) is 0 Å². The summed E-state index contributed by atoms with van der Waals surface area (Å²) in [5.41, 5.74) is -0.348. The molecule has 138 valence electrons. The second-order valence-corrected chi connectivity index (χ2v) is 4.75. The molecule has 0 aromatic carbocycles. The Morgan fingerprint density at radius 1 is 0.885 bits per heavy atom. The third-order valence-electron chi connectivity index (χ3n) is 2.72. The molecule has 1 heterocycles. The maximum atomic E-state index is 11.9. The van der Waals surface area contributed by atoms with Crippen LogP contribution in [0.5, 0.6) is 0 Å². The Bertz CT molecular complexity index is 646. The molecule has 0 aliphatic carbocycles. The zero-order valence-corrected chi connectivity index (χ0v) is 14.0. The standard InChI is InChI=1S/C17H19N3O6/c1-3-8-18-14(21)10-25-16(23)12-6-5-7-13(20-12)17(24)26-11-15(22)19-9-4-2/h3-7H,1-2,8-11H2,(H,18,21)(H,19,22). The molecule has 0 spiro atoms. The van der Waals surface area contributed by atoms with E-state index < -0.39 is 37.0 Å². The zero-order chi connectivity index (χ0) is 19.4. The molecule has 0 unspecified atom stereocenters. The average molecular weight is 361 g/mol. The van der Waals surface area contributed by atoms with Crippen molar-refractivity contribution in [3.05, 3.63) is 54.9 Å². The highest BCUT2D eigenvalue weighted by Gasteiger charge is 2.16. The number of aromatic nitrogens is 1. The van der Waals surface area contributed by atoms with Gasteiger partial charge in [0.1, 0.15) is 11.4 Å². The van der Waals surface area contributed by atoms with Crippen molar-refractivity contribution in [2.75, 3.05) is 26.3 Å². The predicted octanol–water partition coefficient (Wildman–Crippen LogP) is -0.000400. The maximum Gasteiger partial charge on any atom is 0.357 e. The molecule has 0 aliphatic heterocycles. The van der Waals surface area contributed by atoms with E-state index in [1.165, 1.54) is 30.4 Å². The molecule has 0 aliphatic rings. The lowest BCUT2D eigenvalue weighted by atomic mass is 10.3. The number of carbonyl (C=O) groups is 4. The second-order valence-electron chi connectivity index (χ2n) is 4.75. The number of pyridine rings is 1. The van der Waals surface area contributed by atoms with Crippen LogP contribution in [-0.4, -0.2) is 55.0 Å². The van der Waals surface area contributed by atoms with Crippen molar-refractivity contribution in [2.45, 2.75) is 0 Å². The maximum absolute atomic E-state index is 11.9. The first-order chi connectivity index (χ1) is 12.5. The van der Waals surface area contributed by atoms with E-state index in [2.05, 4.69) is 28.8 Å². The van der Waals surface area contributed by atoms with Crippen molar-refractivity contribution in [1.82, 2.24) is 15.6 Å². The summed E-state index contributed by atoms with van der Waals surface area (Å²) in [6.45, 7) is 6.38. The Morgan fingerprint density at radius 2 is 1.31 bits per heavy atom. The Labute approximate surface area is 150 Å². The molecule has 0 radical (unpaired) electrons. The van der Waals surface area contributed by atoms with Gasteiger partial charge in [0, 0.05) is 13.1 Å². The topological polar surface area (TPSA) is 124 Å². The van der Waals surface area contributed by atoms with Crippen LogP contribution in [0.25, 0.3) is 0 Å². The minimum Gasteiger partial charge on any atom is -0.451 e. The van der Waals surface area contributed by atoms with Gasteiger partial charge in [-0.05, 0) is 12.1 Å². The lowest BCUT2D eigenvalue weighted by Gasteiger charge is -2.07. The number of hydrogen-bond acceptors (Lipinski definition) is 7. The SMILES string of the molecule is C=CCNC(=O)COC(=O)c1cccc(C(=O)OCC(=O)NCC=C)n1. The summed E-state index contributed by atoms with van der Waals surface area (Å²) >= 11 is 0. The van der Waals surface area contributed by atoms with Gasteiger partial charge in [0.05, 0.1) is 0 Å². The molecule has 0 saturated heterocycles. The number of amides is 2. The number of hydrogen-bond donors (Lipinski definition) is 2. The molecule has 2 N–H and O–H groups in total. The lowest BCUT2D eigenvalue weighted by molar-refractivity contribution is -0.124. The van der Waals surface area contributed by atoms with E-state index in [1.54, 1.807) is 0 Å². The molecule has 9 nitrogen and oxygen atoms in total. The number of nitrogens with one attached hydrogen (secondary N) is 2. The molecule has 1 aromatic rings. The molecule has 0 saturated carbocycles. The molecule has 1 aromatic heterocycles. The summed E-state index contributed by atoms with van der Waals surface area (Å²) in [5.74, 6) is -2.76. The molecule has 1 rings (SSSR count). The molecule has 0 atom stereocenters. The molecular weight excluding hydrogens is 342 g/mol. The van der Waals surface area contributed by atoms with Crippen LogP contribution in [0.2, 0.25) is 0 Å². The molecule has 26 heavy (non-hydrogen) atoms. The Kier molecular flexibility index (Phi) is 8.80. The number of rotatable bonds is 10. The summed E-state index contributed by atoms with van der Waals surface area (Å²) in [7, 11) is 0.